The highest BCUT2D eigenvalue weighted by atomic mass is 16.6. The molecule has 1 aliphatic rings. The number of hydrogen-bond acceptors (Lipinski definition) is 7. The van der Waals surface area contributed by atoms with Gasteiger partial charge in [-0.3, -0.25) is 15.0 Å². The van der Waals surface area contributed by atoms with Gasteiger partial charge in [-0.15, -0.1) is 0 Å². The van der Waals surface area contributed by atoms with Gasteiger partial charge in [0.25, 0.3) is 0 Å². The maximum atomic E-state index is 11.7. The number of hydrogen-bond donors (Lipinski definition) is 0. The average Bonchev–Trinajstić information content (AvgIpc) is 2.53. The molecule has 0 unspecified atom stereocenters. The first-order valence-corrected chi connectivity index (χ1v) is 7.16. The van der Waals surface area contributed by atoms with Crippen LogP contribution >= 0.6 is 0 Å². The lowest BCUT2D eigenvalue weighted by Crippen LogP contribution is -2.49. The summed E-state index contributed by atoms with van der Waals surface area (Å²) in [5.41, 5.74) is -0.351. The SMILES string of the molecule is COC(=O)c1ccnc(N2CCN(C(C)C)CC2)c1[N+](=O)[O-]. The highest BCUT2D eigenvalue weighted by Crippen LogP contribution is 2.30. The highest BCUT2D eigenvalue weighted by molar-refractivity contribution is 5.96. The van der Waals surface area contributed by atoms with Crippen molar-refractivity contribution >= 4 is 17.5 Å². The lowest BCUT2D eigenvalue weighted by Gasteiger charge is -2.37. The van der Waals surface area contributed by atoms with Crippen LogP contribution in [0.5, 0.6) is 0 Å². The minimum absolute atomic E-state index is 0.0659. The molecule has 8 nitrogen and oxygen atoms in total. The first-order valence-electron chi connectivity index (χ1n) is 7.16. The van der Waals surface area contributed by atoms with Crippen molar-refractivity contribution in [3.05, 3.63) is 27.9 Å². The third kappa shape index (κ3) is 3.16. The van der Waals surface area contributed by atoms with Gasteiger partial charge in [-0.1, -0.05) is 0 Å². The Morgan fingerprint density at radius 2 is 2.00 bits per heavy atom. The summed E-state index contributed by atoms with van der Waals surface area (Å²) in [6, 6.07) is 1.75. The van der Waals surface area contributed by atoms with E-state index >= 15 is 0 Å². The molecule has 0 spiro atoms. The highest BCUT2D eigenvalue weighted by Gasteiger charge is 2.31. The standard InChI is InChI=1S/C14H20N4O4/c1-10(2)16-6-8-17(9-7-16)13-12(18(20)21)11(4-5-15-13)14(19)22-3/h4-5,10H,6-9H2,1-3H3. The third-order valence-corrected chi connectivity index (χ3v) is 3.84. The Morgan fingerprint density at radius 1 is 1.36 bits per heavy atom. The Balaban J connectivity index is 2.32. The van der Waals surface area contributed by atoms with Crippen molar-refractivity contribution in [2.24, 2.45) is 0 Å². The van der Waals surface area contributed by atoms with E-state index in [-0.39, 0.29) is 17.1 Å². The third-order valence-electron chi connectivity index (χ3n) is 3.84. The van der Waals surface area contributed by atoms with Gasteiger partial charge in [0.05, 0.1) is 12.0 Å². The number of nitro groups is 1. The normalized spacial score (nSPS) is 15.9. The van der Waals surface area contributed by atoms with Crippen LogP contribution in [0.2, 0.25) is 0 Å². The molecule has 1 fully saturated rings. The van der Waals surface area contributed by atoms with Gasteiger partial charge in [0.15, 0.2) is 0 Å². The molecular formula is C14H20N4O4. The number of ether oxygens (including phenoxy) is 1. The topological polar surface area (TPSA) is 88.8 Å². The lowest BCUT2D eigenvalue weighted by atomic mass is 10.2. The second kappa shape index (κ2) is 6.69. The zero-order valence-corrected chi connectivity index (χ0v) is 13.0. The van der Waals surface area contributed by atoms with E-state index in [4.69, 9.17) is 0 Å². The molecule has 8 heteroatoms. The molecule has 0 radical (unpaired) electrons. The Labute approximate surface area is 128 Å². The van der Waals surface area contributed by atoms with Gasteiger partial charge in [0.1, 0.15) is 5.56 Å². The van der Waals surface area contributed by atoms with Gasteiger partial charge in [-0.05, 0) is 19.9 Å². The van der Waals surface area contributed by atoms with Gasteiger partial charge in [-0.25, -0.2) is 9.78 Å². The number of rotatable bonds is 4. The molecule has 0 saturated carbocycles. The van der Waals surface area contributed by atoms with Gasteiger partial charge < -0.3 is 9.64 Å². The Morgan fingerprint density at radius 3 is 2.50 bits per heavy atom. The van der Waals surface area contributed by atoms with Crippen LogP contribution in [0.15, 0.2) is 12.3 Å². The summed E-state index contributed by atoms with van der Waals surface area (Å²) in [6.45, 7) is 7.12. The summed E-state index contributed by atoms with van der Waals surface area (Å²) in [5, 5.41) is 11.4. The number of piperazine rings is 1. The molecule has 0 N–H and O–H groups in total. The minimum Gasteiger partial charge on any atom is -0.465 e. The van der Waals surface area contributed by atoms with Crippen LogP contribution in [0.3, 0.4) is 0 Å². The number of nitrogens with zero attached hydrogens (tertiary/aromatic N) is 4. The maximum Gasteiger partial charge on any atom is 0.345 e. The summed E-state index contributed by atoms with van der Waals surface area (Å²) in [4.78, 5) is 30.8. The van der Waals surface area contributed by atoms with Gasteiger partial charge in [-0.2, -0.15) is 0 Å². The minimum atomic E-state index is -0.726. The predicted molar refractivity (Wildman–Crippen MR) is 81.2 cm³/mol. The number of pyridine rings is 1. The lowest BCUT2D eigenvalue weighted by molar-refractivity contribution is -0.384. The molecule has 2 heterocycles. The van der Waals surface area contributed by atoms with Crippen LogP contribution in [-0.2, 0) is 4.74 Å². The van der Waals surface area contributed by atoms with Crippen LogP contribution in [0.4, 0.5) is 11.5 Å². The predicted octanol–water partition coefficient (Wildman–Crippen LogP) is 1.31. The average molecular weight is 308 g/mol. The van der Waals surface area contributed by atoms with E-state index in [1.165, 1.54) is 19.4 Å². The van der Waals surface area contributed by atoms with Crippen molar-refractivity contribution in [3.8, 4) is 0 Å². The van der Waals surface area contributed by atoms with Crippen molar-refractivity contribution in [2.75, 3.05) is 38.2 Å². The van der Waals surface area contributed by atoms with Crippen LogP contribution < -0.4 is 4.90 Å². The summed E-state index contributed by atoms with van der Waals surface area (Å²) in [6.07, 6.45) is 1.41. The number of esters is 1. The number of carbonyl (C=O) groups excluding carboxylic acids is 1. The van der Waals surface area contributed by atoms with Gasteiger partial charge in [0, 0.05) is 38.4 Å². The Bertz CT molecular complexity index is 568. The van der Waals surface area contributed by atoms with Crippen molar-refractivity contribution in [1.82, 2.24) is 9.88 Å². The maximum absolute atomic E-state index is 11.7. The van der Waals surface area contributed by atoms with E-state index < -0.39 is 10.9 Å². The molecular weight excluding hydrogens is 288 g/mol. The van der Waals surface area contributed by atoms with Gasteiger partial charge in [0.2, 0.25) is 5.82 Å². The van der Waals surface area contributed by atoms with Crippen LogP contribution in [-0.4, -0.2) is 60.1 Å². The number of carbonyl (C=O) groups is 1. The molecule has 0 aromatic carbocycles. The van der Waals surface area contributed by atoms with E-state index in [1.807, 2.05) is 4.90 Å². The molecule has 1 saturated heterocycles. The van der Waals surface area contributed by atoms with E-state index in [0.29, 0.717) is 19.1 Å². The van der Waals surface area contributed by atoms with Crippen molar-refractivity contribution < 1.29 is 14.5 Å². The molecule has 1 aromatic heterocycles. The number of methoxy groups -OCH3 is 1. The van der Waals surface area contributed by atoms with E-state index in [0.717, 1.165) is 13.1 Å². The zero-order valence-electron chi connectivity index (χ0n) is 13.0. The molecule has 1 aromatic rings. The summed E-state index contributed by atoms with van der Waals surface area (Å²) >= 11 is 0. The van der Waals surface area contributed by atoms with Crippen LogP contribution in [0.1, 0.15) is 24.2 Å². The van der Waals surface area contributed by atoms with Gasteiger partial charge >= 0.3 is 11.7 Å². The summed E-state index contributed by atoms with van der Waals surface area (Å²) in [5.74, 6) is -0.493. The monoisotopic (exact) mass is 308 g/mol. The Kier molecular flexibility index (Phi) is 4.92. The fraction of sp³-hybridized carbons (Fsp3) is 0.571. The van der Waals surface area contributed by atoms with Crippen molar-refractivity contribution in [3.63, 3.8) is 0 Å². The molecule has 0 atom stereocenters. The molecule has 22 heavy (non-hydrogen) atoms. The fourth-order valence-corrected chi connectivity index (χ4v) is 2.58. The molecule has 0 bridgehead atoms. The van der Waals surface area contributed by atoms with E-state index in [1.54, 1.807) is 0 Å². The second-order valence-electron chi connectivity index (χ2n) is 5.40. The quantitative estimate of drug-likeness (QED) is 0.470. The van der Waals surface area contributed by atoms with E-state index in [2.05, 4.69) is 28.5 Å². The Hall–Kier alpha value is -2.22. The second-order valence-corrected chi connectivity index (χ2v) is 5.40. The molecule has 0 amide bonds. The zero-order chi connectivity index (χ0) is 16.3. The fourth-order valence-electron chi connectivity index (χ4n) is 2.58. The summed E-state index contributed by atoms with van der Waals surface area (Å²) in [7, 11) is 1.20. The van der Waals surface area contributed by atoms with Crippen molar-refractivity contribution in [2.45, 2.75) is 19.9 Å². The van der Waals surface area contributed by atoms with Crippen LogP contribution in [0.25, 0.3) is 0 Å². The van der Waals surface area contributed by atoms with E-state index in [9.17, 15) is 14.9 Å². The van der Waals surface area contributed by atoms with Crippen molar-refractivity contribution in [1.29, 1.82) is 0 Å². The number of anilines is 1. The summed E-state index contributed by atoms with van der Waals surface area (Å²) < 4.78 is 4.62. The van der Waals surface area contributed by atoms with Crippen LogP contribution in [0, 0.1) is 10.1 Å². The number of aromatic nitrogens is 1. The molecule has 120 valence electrons. The molecule has 0 aliphatic carbocycles. The smallest absolute Gasteiger partial charge is 0.345 e. The first kappa shape index (κ1) is 16.2. The molecule has 2 rings (SSSR count). The molecule has 1 aliphatic heterocycles. The largest absolute Gasteiger partial charge is 0.465 e. The first-order chi connectivity index (χ1) is 10.5.